The van der Waals surface area contributed by atoms with Gasteiger partial charge in [0.05, 0.1) is 0 Å². The normalized spacial score (nSPS) is 18.6. The number of hydrogen-bond donors (Lipinski definition) is 2. The van der Waals surface area contributed by atoms with Crippen LogP contribution in [-0.4, -0.2) is 37.5 Å². The van der Waals surface area contributed by atoms with Gasteiger partial charge < -0.3 is 16.0 Å². The summed E-state index contributed by atoms with van der Waals surface area (Å²) in [6.07, 6.45) is 6.90. The van der Waals surface area contributed by atoms with Crippen molar-refractivity contribution in [2.45, 2.75) is 50.6 Å². The Kier molecular flexibility index (Phi) is 7.06. The van der Waals surface area contributed by atoms with Gasteiger partial charge in [-0.15, -0.1) is 0 Å². The predicted molar refractivity (Wildman–Crippen MR) is 95.0 cm³/mol. The van der Waals surface area contributed by atoms with Crippen LogP contribution < -0.4 is 11.1 Å². The molecule has 23 heavy (non-hydrogen) atoms. The molecule has 1 saturated carbocycles. The van der Waals surface area contributed by atoms with Crippen LogP contribution >= 0.6 is 0 Å². The van der Waals surface area contributed by atoms with Crippen molar-refractivity contribution < 1.29 is 4.79 Å². The van der Waals surface area contributed by atoms with Gasteiger partial charge in [-0.3, -0.25) is 4.79 Å². The van der Waals surface area contributed by atoms with Crippen molar-refractivity contribution in [3.05, 3.63) is 35.9 Å². The van der Waals surface area contributed by atoms with Gasteiger partial charge >= 0.3 is 0 Å². The number of rotatable bonds is 7. The van der Waals surface area contributed by atoms with Gasteiger partial charge in [-0.05, 0) is 38.4 Å². The lowest BCUT2D eigenvalue weighted by Gasteiger charge is -2.35. The highest BCUT2D eigenvalue weighted by Crippen LogP contribution is 2.28. The van der Waals surface area contributed by atoms with Crippen LogP contribution in [0.5, 0.6) is 0 Å². The predicted octanol–water partition coefficient (Wildman–Crippen LogP) is 2.70. The molecule has 1 aromatic rings. The first-order valence-corrected chi connectivity index (χ1v) is 8.81. The van der Waals surface area contributed by atoms with E-state index >= 15 is 0 Å². The molecule has 1 fully saturated rings. The van der Waals surface area contributed by atoms with Crippen molar-refractivity contribution >= 4 is 5.91 Å². The number of benzene rings is 1. The topological polar surface area (TPSA) is 58.4 Å². The number of hydrogen-bond acceptors (Lipinski definition) is 3. The maximum Gasteiger partial charge on any atom is 0.221 e. The summed E-state index contributed by atoms with van der Waals surface area (Å²) in [5, 5.41) is 3.10. The van der Waals surface area contributed by atoms with Crippen LogP contribution in [0.2, 0.25) is 0 Å². The number of likely N-dealkylation sites (N-methyl/N-ethyl adjacent to an activating group) is 1. The Morgan fingerprint density at radius 2 is 1.87 bits per heavy atom. The van der Waals surface area contributed by atoms with Crippen LogP contribution in [0.1, 0.15) is 50.1 Å². The lowest BCUT2D eigenvalue weighted by molar-refractivity contribution is -0.121. The summed E-state index contributed by atoms with van der Waals surface area (Å²) in [6.45, 7) is 0.720. The third-order valence-electron chi connectivity index (χ3n) is 5.00. The molecule has 0 aromatic heterocycles. The molecule has 3 N–H and O–H groups in total. The number of carbonyl (C=O) groups excluding carboxylic acids is 1. The molecule has 1 aliphatic rings. The van der Waals surface area contributed by atoms with E-state index in [4.69, 9.17) is 5.73 Å². The smallest absolute Gasteiger partial charge is 0.221 e. The molecule has 2 unspecified atom stereocenters. The van der Waals surface area contributed by atoms with Crippen molar-refractivity contribution in [3.8, 4) is 0 Å². The maximum atomic E-state index is 12.2. The number of carbonyl (C=O) groups is 1. The summed E-state index contributed by atoms with van der Waals surface area (Å²) < 4.78 is 0. The highest BCUT2D eigenvalue weighted by molar-refractivity contribution is 5.76. The second-order valence-electron chi connectivity index (χ2n) is 6.95. The molecule has 128 valence electrons. The second-order valence-corrected chi connectivity index (χ2v) is 6.95. The van der Waals surface area contributed by atoms with Gasteiger partial charge in [0.15, 0.2) is 0 Å². The lowest BCUT2D eigenvalue weighted by atomic mass is 9.83. The monoisotopic (exact) mass is 317 g/mol. The zero-order chi connectivity index (χ0) is 16.7. The van der Waals surface area contributed by atoms with E-state index in [0.717, 1.165) is 12.1 Å². The van der Waals surface area contributed by atoms with Gasteiger partial charge in [0, 0.05) is 25.0 Å². The van der Waals surface area contributed by atoms with Crippen LogP contribution in [0.25, 0.3) is 0 Å². The SMILES string of the molecule is CN(C)C(CNC(=O)CC(N)c1ccccc1)C1CCCCC1. The van der Waals surface area contributed by atoms with Crippen LogP contribution in [0, 0.1) is 5.92 Å². The fraction of sp³-hybridized carbons (Fsp3) is 0.632. The summed E-state index contributed by atoms with van der Waals surface area (Å²) in [7, 11) is 4.22. The van der Waals surface area contributed by atoms with Crippen LogP contribution in [-0.2, 0) is 4.79 Å². The van der Waals surface area contributed by atoms with Crippen molar-refractivity contribution in [3.63, 3.8) is 0 Å². The van der Waals surface area contributed by atoms with Crippen LogP contribution in [0.3, 0.4) is 0 Å². The Morgan fingerprint density at radius 3 is 2.48 bits per heavy atom. The van der Waals surface area contributed by atoms with E-state index in [2.05, 4.69) is 24.3 Å². The first kappa shape index (κ1) is 18.0. The molecular formula is C19H31N3O. The van der Waals surface area contributed by atoms with Crippen LogP contribution in [0.4, 0.5) is 0 Å². The summed E-state index contributed by atoms with van der Waals surface area (Å²) in [4.78, 5) is 14.5. The fourth-order valence-electron chi connectivity index (χ4n) is 3.60. The Labute approximate surface area is 140 Å². The molecule has 4 nitrogen and oxygen atoms in total. The van der Waals surface area contributed by atoms with Crippen molar-refractivity contribution in [2.24, 2.45) is 11.7 Å². The Bertz CT molecular complexity index is 469. The molecule has 2 atom stereocenters. The van der Waals surface area contributed by atoms with E-state index in [1.165, 1.54) is 32.1 Å². The van der Waals surface area contributed by atoms with Crippen molar-refractivity contribution in [2.75, 3.05) is 20.6 Å². The Hall–Kier alpha value is -1.39. The van der Waals surface area contributed by atoms with E-state index in [1.807, 2.05) is 30.3 Å². The number of nitrogens with zero attached hydrogens (tertiary/aromatic N) is 1. The van der Waals surface area contributed by atoms with Crippen molar-refractivity contribution in [1.82, 2.24) is 10.2 Å². The third kappa shape index (κ3) is 5.63. The molecule has 1 amide bonds. The average Bonchev–Trinajstić information content (AvgIpc) is 2.56. The summed E-state index contributed by atoms with van der Waals surface area (Å²) in [5.41, 5.74) is 7.15. The average molecular weight is 317 g/mol. The molecule has 0 bridgehead atoms. The maximum absolute atomic E-state index is 12.2. The van der Waals surface area contributed by atoms with E-state index in [1.54, 1.807) is 0 Å². The standard InChI is InChI=1S/C19H31N3O/c1-22(2)18(16-11-7-4-8-12-16)14-21-19(23)13-17(20)15-9-5-3-6-10-15/h3,5-6,9-10,16-18H,4,7-8,11-14,20H2,1-2H3,(H,21,23). The van der Waals surface area contributed by atoms with Gasteiger partial charge in [-0.1, -0.05) is 49.6 Å². The summed E-state index contributed by atoms with van der Waals surface area (Å²) >= 11 is 0. The molecule has 0 heterocycles. The van der Waals surface area contributed by atoms with E-state index in [-0.39, 0.29) is 11.9 Å². The minimum absolute atomic E-state index is 0.0454. The Balaban J connectivity index is 1.81. The molecule has 1 aromatic carbocycles. The molecule has 0 aliphatic heterocycles. The summed E-state index contributed by atoms with van der Waals surface area (Å²) in [6, 6.07) is 10.0. The van der Waals surface area contributed by atoms with Crippen LogP contribution in [0.15, 0.2) is 30.3 Å². The number of nitrogens with two attached hydrogens (primary N) is 1. The second kappa shape index (κ2) is 9.04. The molecule has 0 saturated heterocycles. The summed E-state index contributed by atoms with van der Waals surface area (Å²) in [5.74, 6) is 0.742. The molecule has 1 aliphatic carbocycles. The molecule has 4 heteroatoms. The molecule has 0 spiro atoms. The van der Waals surface area contributed by atoms with E-state index in [0.29, 0.717) is 18.4 Å². The first-order chi connectivity index (χ1) is 11.1. The van der Waals surface area contributed by atoms with Gasteiger partial charge in [0.25, 0.3) is 0 Å². The largest absolute Gasteiger partial charge is 0.354 e. The lowest BCUT2D eigenvalue weighted by Crippen LogP contribution is -2.45. The number of nitrogens with one attached hydrogen (secondary N) is 1. The third-order valence-corrected chi connectivity index (χ3v) is 5.00. The van der Waals surface area contributed by atoms with Crippen molar-refractivity contribution in [1.29, 1.82) is 0 Å². The molecule has 0 radical (unpaired) electrons. The highest BCUT2D eigenvalue weighted by Gasteiger charge is 2.25. The molecule has 2 rings (SSSR count). The van der Waals surface area contributed by atoms with Gasteiger partial charge in [0.2, 0.25) is 5.91 Å². The van der Waals surface area contributed by atoms with Gasteiger partial charge in [0.1, 0.15) is 0 Å². The zero-order valence-corrected chi connectivity index (χ0v) is 14.5. The minimum atomic E-state index is -0.233. The van der Waals surface area contributed by atoms with E-state index in [9.17, 15) is 4.79 Å². The first-order valence-electron chi connectivity index (χ1n) is 8.81. The Morgan fingerprint density at radius 1 is 1.22 bits per heavy atom. The quantitative estimate of drug-likeness (QED) is 0.813. The fourth-order valence-corrected chi connectivity index (χ4v) is 3.60. The zero-order valence-electron chi connectivity index (χ0n) is 14.5. The van der Waals surface area contributed by atoms with Gasteiger partial charge in [-0.2, -0.15) is 0 Å². The minimum Gasteiger partial charge on any atom is -0.354 e. The van der Waals surface area contributed by atoms with E-state index < -0.39 is 0 Å². The number of amides is 1. The highest BCUT2D eigenvalue weighted by atomic mass is 16.1. The van der Waals surface area contributed by atoms with Gasteiger partial charge in [-0.25, -0.2) is 0 Å². The molecular weight excluding hydrogens is 286 g/mol.